The van der Waals surface area contributed by atoms with Gasteiger partial charge in [0.05, 0.1) is 11.4 Å². The molecule has 1 aliphatic rings. The van der Waals surface area contributed by atoms with Gasteiger partial charge in [0.2, 0.25) is 0 Å². The second kappa shape index (κ2) is 9.20. The molecule has 1 aliphatic heterocycles. The zero-order chi connectivity index (χ0) is 22.0. The molecule has 0 radical (unpaired) electrons. The molecular formula is C22H20ClFN4O2S. The van der Waals surface area contributed by atoms with Gasteiger partial charge in [-0.1, -0.05) is 42.4 Å². The van der Waals surface area contributed by atoms with E-state index < -0.39 is 17.8 Å². The zero-order valence-corrected chi connectivity index (χ0v) is 18.3. The lowest BCUT2D eigenvalue weighted by atomic mass is 10.00. The molecule has 0 saturated heterocycles. The maximum absolute atomic E-state index is 14.8. The number of fused-ring (bicyclic) bond motifs is 3. The van der Waals surface area contributed by atoms with Crippen LogP contribution in [0.5, 0.6) is 0 Å². The van der Waals surface area contributed by atoms with Crippen LogP contribution in [0.15, 0.2) is 52.6 Å². The Hall–Kier alpha value is -2.71. The Morgan fingerprint density at radius 2 is 2.03 bits per heavy atom. The first kappa shape index (κ1) is 21.5. The normalized spacial score (nSPS) is 15.1. The lowest BCUT2D eigenvalue weighted by molar-refractivity contribution is -0.137. The monoisotopic (exact) mass is 458 g/mol. The predicted molar refractivity (Wildman–Crippen MR) is 119 cm³/mol. The van der Waals surface area contributed by atoms with E-state index in [4.69, 9.17) is 16.6 Å². The molecule has 0 fully saturated rings. The van der Waals surface area contributed by atoms with Gasteiger partial charge in [-0.15, -0.1) is 10.2 Å². The number of carbonyl (C=O) groups is 1. The second-order valence-electron chi connectivity index (χ2n) is 7.09. The van der Waals surface area contributed by atoms with E-state index >= 15 is 0 Å². The van der Waals surface area contributed by atoms with Crippen LogP contribution in [0.2, 0.25) is 5.02 Å². The molecule has 4 rings (SSSR count). The molecule has 1 aromatic heterocycles. The van der Waals surface area contributed by atoms with Crippen LogP contribution in [0, 0.1) is 5.82 Å². The summed E-state index contributed by atoms with van der Waals surface area (Å²) in [5.74, 6) is 0.0401. The first-order chi connectivity index (χ1) is 15.0. The van der Waals surface area contributed by atoms with Crippen LogP contribution in [0.4, 0.5) is 4.39 Å². The van der Waals surface area contributed by atoms with E-state index in [1.54, 1.807) is 42.1 Å². The SMILES string of the molecule is CCCSc1nnc2n1-c1ccc(Cl)cc1C(c1ccccc1F)=N[C@H]2CCC(=O)O. The molecule has 1 N–H and O–H groups in total. The number of nitrogens with zero attached hydrogens (tertiary/aromatic N) is 4. The van der Waals surface area contributed by atoms with Crippen LogP contribution in [0.1, 0.15) is 49.2 Å². The molecule has 0 unspecified atom stereocenters. The van der Waals surface area contributed by atoms with Crippen LogP contribution >= 0.6 is 23.4 Å². The summed E-state index contributed by atoms with van der Waals surface area (Å²) in [5.41, 5.74) is 2.13. The Bertz CT molecular complexity index is 1160. The summed E-state index contributed by atoms with van der Waals surface area (Å²) in [7, 11) is 0. The largest absolute Gasteiger partial charge is 0.481 e. The van der Waals surface area contributed by atoms with Crippen molar-refractivity contribution in [2.24, 2.45) is 4.99 Å². The molecule has 6 nitrogen and oxygen atoms in total. The van der Waals surface area contributed by atoms with Gasteiger partial charge in [0.1, 0.15) is 11.9 Å². The van der Waals surface area contributed by atoms with Crippen LogP contribution in [0.25, 0.3) is 5.69 Å². The third-order valence-corrected chi connectivity index (χ3v) is 6.26. The van der Waals surface area contributed by atoms with Crippen LogP contribution in [0.3, 0.4) is 0 Å². The molecular weight excluding hydrogens is 439 g/mol. The quantitative estimate of drug-likeness (QED) is 0.485. The molecule has 0 amide bonds. The summed E-state index contributed by atoms with van der Waals surface area (Å²) in [6.07, 6.45) is 1.07. The Labute approximate surface area is 188 Å². The fraction of sp³-hybridized carbons (Fsp3) is 0.273. The van der Waals surface area contributed by atoms with Crippen molar-refractivity contribution in [3.8, 4) is 5.69 Å². The number of hydrogen-bond acceptors (Lipinski definition) is 5. The number of carboxylic acid groups (broad SMARTS) is 1. The van der Waals surface area contributed by atoms with Crippen molar-refractivity contribution in [1.82, 2.24) is 14.8 Å². The Kier molecular flexibility index (Phi) is 6.38. The number of rotatable bonds is 7. The second-order valence-corrected chi connectivity index (χ2v) is 8.59. The molecule has 0 spiro atoms. The van der Waals surface area contributed by atoms with E-state index in [0.717, 1.165) is 17.9 Å². The summed E-state index contributed by atoms with van der Waals surface area (Å²) in [4.78, 5) is 16.1. The van der Waals surface area contributed by atoms with E-state index in [1.165, 1.54) is 6.07 Å². The van der Waals surface area contributed by atoms with Gasteiger partial charge in [0, 0.05) is 28.3 Å². The first-order valence-electron chi connectivity index (χ1n) is 9.92. The fourth-order valence-corrected chi connectivity index (χ4v) is 4.49. The highest BCUT2D eigenvalue weighted by Crippen LogP contribution is 2.36. The third kappa shape index (κ3) is 4.36. The molecule has 2 aromatic carbocycles. The maximum atomic E-state index is 14.8. The number of benzene rings is 2. The third-order valence-electron chi connectivity index (χ3n) is 4.89. The standard InChI is InChI=1S/C22H20ClFN4O2S/c1-2-11-31-22-27-26-21-17(8-10-19(29)30)25-20(14-5-3-4-6-16(14)24)15-12-13(23)7-9-18(15)28(21)22/h3-7,9,12,17H,2,8,10-11H2,1H3,(H,29,30)/t17-/m0/s1. The van der Waals surface area contributed by atoms with Crippen molar-refractivity contribution < 1.29 is 14.3 Å². The van der Waals surface area contributed by atoms with Gasteiger partial charge in [-0.2, -0.15) is 0 Å². The van der Waals surface area contributed by atoms with E-state index in [0.29, 0.717) is 32.8 Å². The summed E-state index contributed by atoms with van der Waals surface area (Å²) >= 11 is 7.87. The molecule has 0 saturated carbocycles. The minimum absolute atomic E-state index is 0.0971. The predicted octanol–water partition coefficient (Wildman–Crippen LogP) is 5.32. The number of hydrogen-bond donors (Lipinski definition) is 1. The first-order valence-corrected chi connectivity index (χ1v) is 11.3. The molecule has 0 bridgehead atoms. The van der Waals surface area contributed by atoms with Crippen LogP contribution < -0.4 is 0 Å². The van der Waals surface area contributed by atoms with Crippen molar-refractivity contribution in [3.05, 3.63) is 70.3 Å². The van der Waals surface area contributed by atoms with Gasteiger partial charge >= 0.3 is 5.97 Å². The van der Waals surface area contributed by atoms with Gasteiger partial charge in [-0.3, -0.25) is 14.4 Å². The Balaban J connectivity index is 1.97. The number of carboxylic acids is 1. The van der Waals surface area contributed by atoms with Crippen molar-refractivity contribution in [3.63, 3.8) is 0 Å². The van der Waals surface area contributed by atoms with Gasteiger partial charge in [-0.05, 0) is 43.2 Å². The van der Waals surface area contributed by atoms with Gasteiger partial charge in [0.15, 0.2) is 11.0 Å². The fourth-order valence-electron chi connectivity index (χ4n) is 3.51. The molecule has 0 aliphatic carbocycles. The van der Waals surface area contributed by atoms with Gasteiger partial charge in [-0.25, -0.2) is 4.39 Å². The van der Waals surface area contributed by atoms with Crippen molar-refractivity contribution in [2.75, 3.05) is 5.75 Å². The average molecular weight is 459 g/mol. The van der Waals surface area contributed by atoms with Crippen molar-refractivity contribution >= 4 is 35.0 Å². The molecule has 3 aromatic rings. The number of halogens is 2. The van der Waals surface area contributed by atoms with Gasteiger partial charge in [0.25, 0.3) is 0 Å². The molecule has 9 heteroatoms. The molecule has 2 heterocycles. The Morgan fingerprint density at radius 3 is 2.77 bits per heavy atom. The number of aliphatic imine (C=N–C) groups is 1. The number of thioether (sulfide) groups is 1. The number of aliphatic carboxylic acids is 1. The Morgan fingerprint density at radius 1 is 1.23 bits per heavy atom. The van der Waals surface area contributed by atoms with Crippen molar-refractivity contribution in [1.29, 1.82) is 0 Å². The van der Waals surface area contributed by atoms with Crippen molar-refractivity contribution in [2.45, 2.75) is 37.4 Å². The van der Waals surface area contributed by atoms with E-state index in [-0.39, 0.29) is 12.8 Å². The molecule has 31 heavy (non-hydrogen) atoms. The van der Waals surface area contributed by atoms with Crippen LogP contribution in [-0.2, 0) is 4.79 Å². The highest BCUT2D eigenvalue weighted by Gasteiger charge is 2.30. The van der Waals surface area contributed by atoms with E-state index in [2.05, 4.69) is 17.1 Å². The minimum Gasteiger partial charge on any atom is -0.481 e. The average Bonchev–Trinajstić information content (AvgIpc) is 3.11. The smallest absolute Gasteiger partial charge is 0.303 e. The topological polar surface area (TPSA) is 80.4 Å². The minimum atomic E-state index is -0.931. The molecule has 160 valence electrons. The van der Waals surface area contributed by atoms with E-state index in [1.807, 2.05) is 10.6 Å². The summed E-state index contributed by atoms with van der Waals surface area (Å²) in [6.45, 7) is 2.08. The highest BCUT2D eigenvalue weighted by atomic mass is 35.5. The number of aromatic nitrogens is 3. The summed E-state index contributed by atoms with van der Waals surface area (Å²) in [5, 5.41) is 19.1. The zero-order valence-electron chi connectivity index (χ0n) is 16.8. The lowest BCUT2D eigenvalue weighted by Crippen LogP contribution is -2.09. The molecule has 1 atom stereocenters. The maximum Gasteiger partial charge on any atom is 0.303 e. The lowest BCUT2D eigenvalue weighted by Gasteiger charge is -2.14. The van der Waals surface area contributed by atoms with E-state index in [9.17, 15) is 14.3 Å². The summed E-state index contributed by atoms with van der Waals surface area (Å²) < 4.78 is 16.7. The van der Waals surface area contributed by atoms with Gasteiger partial charge < -0.3 is 5.11 Å². The highest BCUT2D eigenvalue weighted by molar-refractivity contribution is 7.99. The summed E-state index contributed by atoms with van der Waals surface area (Å²) in [6, 6.07) is 11.1. The van der Waals surface area contributed by atoms with Crippen LogP contribution in [-0.4, -0.2) is 37.3 Å².